The Kier molecular flexibility index (Phi) is 17.2. The van der Waals surface area contributed by atoms with Gasteiger partial charge in [-0.2, -0.15) is 8.42 Å². The first kappa shape index (κ1) is 23.6. The molecule has 144 valence electrons. The molecule has 0 rings (SSSR count). The van der Waals surface area contributed by atoms with Crippen molar-refractivity contribution >= 4 is 10.1 Å². The van der Waals surface area contributed by atoms with Crippen molar-refractivity contribution in [3.05, 3.63) is 12.2 Å². The summed E-state index contributed by atoms with van der Waals surface area (Å²) in [5.41, 5.74) is 0. The van der Waals surface area contributed by atoms with Gasteiger partial charge in [-0.15, -0.1) is 0 Å². The molecule has 0 saturated carbocycles. The second-order valence-electron chi connectivity index (χ2n) is 6.96. The van der Waals surface area contributed by atoms with E-state index in [2.05, 4.69) is 6.92 Å². The Morgan fingerprint density at radius 2 is 1.00 bits per heavy atom. The van der Waals surface area contributed by atoms with E-state index in [4.69, 9.17) is 4.55 Å². The predicted molar refractivity (Wildman–Crippen MR) is 105 cm³/mol. The van der Waals surface area contributed by atoms with Crippen LogP contribution in [0.15, 0.2) is 12.2 Å². The van der Waals surface area contributed by atoms with Gasteiger partial charge in [0.1, 0.15) is 0 Å². The van der Waals surface area contributed by atoms with E-state index in [1.165, 1.54) is 89.9 Å². The van der Waals surface area contributed by atoms with Crippen LogP contribution >= 0.6 is 0 Å². The quantitative estimate of drug-likeness (QED) is 0.168. The fourth-order valence-corrected chi connectivity index (χ4v) is 3.32. The van der Waals surface area contributed by atoms with Gasteiger partial charge in [-0.05, 0) is 12.8 Å². The normalized spacial score (nSPS) is 12.2. The monoisotopic (exact) mass is 360 g/mol. The van der Waals surface area contributed by atoms with E-state index in [0.717, 1.165) is 12.8 Å². The highest BCUT2D eigenvalue weighted by Crippen LogP contribution is 2.13. The van der Waals surface area contributed by atoms with E-state index in [-0.39, 0.29) is 5.75 Å². The lowest BCUT2D eigenvalue weighted by atomic mass is 10.0. The maximum absolute atomic E-state index is 10.5. The van der Waals surface area contributed by atoms with Crippen molar-refractivity contribution in [3.63, 3.8) is 0 Å². The van der Waals surface area contributed by atoms with Gasteiger partial charge in [-0.25, -0.2) is 0 Å². The molecule has 0 radical (unpaired) electrons. The van der Waals surface area contributed by atoms with E-state index in [1.807, 2.05) is 6.08 Å². The summed E-state index contributed by atoms with van der Waals surface area (Å²) in [6.45, 7) is 2.27. The molecule has 0 amide bonds. The zero-order chi connectivity index (χ0) is 17.9. The Bertz CT molecular complexity index is 374. The molecule has 0 atom stereocenters. The van der Waals surface area contributed by atoms with Crippen molar-refractivity contribution in [2.24, 2.45) is 0 Å². The molecule has 0 aliphatic heterocycles. The van der Waals surface area contributed by atoms with E-state index in [1.54, 1.807) is 6.08 Å². The van der Waals surface area contributed by atoms with Gasteiger partial charge < -0.3 is 0 Å². The van der Waals surface area contributed by atoms with Crippen molar-refractivity contribution in [2.75, 3.05) is 5.75 Å². The van der Waals surface area contributed by atoms with Gasteiger partial charge in [-0.1, -0.05) is 109 Å². The van der Waals surface area contributed by atoms with Crippen LogP contribution in [-0.2, 0) is 10.1 Å². The molecule has 24 heavy (non-hydrogen) atoms. The van der Waals surface area contributed by atoms with Crippen LogP contribution in [0.3, 0.4) is 0 Å². The van der Waals surface area contributed by atoms with Crippen molar-refractivity contribution in [1.29, 1.82) is 0 Å². The third-order valence-electron chi connectivity index (χ3n) is 4.45. The van der Waals surface area contributed by atoms with E-state index >= 15 is 0 Å². The van der Waals surface area contributed by atoms with Crippen LogP contribution < -0.4 is 0 Å². The third kappa shape index (κ3) is 21.6. The molecule has 0 aliphatic rings. The second-order valence-corrected chi connectivity index (χ2v) is 8.46. The van der Waals surface area contributed by atoms with E-state index in [9.17, 15) is 8.42 Å². The highest BCUT2D eigenvalue weighted by atomic mass is 32.2. The SMILES string of the molecule is CCCCCCCCCCCCCCCCC/C=C/CS(=O)(=O)O. The van der Waals surface area contributed by atoms with Crippen molar-refractivity contribution in [1.82, 2.24) is 0 Å². The molecule has 0 aromatic carbocycles. The summed E-state index contributed by atoms with van der Waals surface area (Å²) in [6.07, 6.45) is 24.7. The molecule has 0 aromatic heterocycles. The summed E-state index contributed by atoms with van der Waals surface area (Å²) in [7, 11) is -3.83. The van der Waals surface area contributed by atoms with Crippen LogP contribution in [0.4, 0.5) is 0 Å². The third-order valence-corrected chi connectivity index (χ3v) is 5.06. The Balaban J connectivity index is 3.10. The molecule has 1 N–H and O–H groups in total. The molecule has 0 saturated heterocycles. The van der Waals surface area contributed by atoms with Crippen molar-refractivity contribution in [3.8, 4) is 0 Å². The number of rotatable bonds is 18. The molecule has 3 nitrogen and oxygen atoms in total. The Hall–Kier alpha value is -0.350. The van der Waals surface area contributed by atoms with E-state index in [0.29, 0.717) is 0 Å². The van der Waals surface area contributed by atoms with Gasteiger partial charge >= 0.3 is 0 Å². The Labute approximate surface area is 151 Å². The van der Waals surface area contributed by atoms with Crippen LogP contribution in [0.5, 0.6) is 0 Å². The lowest BCUT2D eigenvalue weighted by molar-refractivity contribution is 0.486. The summed E-state index contributed by atoms with van der Waals surface area (Å²) in [5, 5.41) is 0. The van der Waals surface area contributed by atoms with Gasteiger partial charge in [0, 0.05) is 0 Å². The molecule has 0 aliphatic carbocycles. The van der Waals surface area contributed by atoms with Crippen LogP contribution in [0, 0.1) is 0 Å². The summed E-state index contributed by atoms with van der Waals surface area (Å²) in [5.74, 6) is -0.258. The summed E-state index contributed by atoms with van der Waals surface area (Å²) in [4.78, 5) is 0. The zero-order valence-electron chi connectivity index (χ0n) is 15.8. The molecule has 0 unspecified atom stereocenters. The molecule has 0 spiro atoms. The predicted octanol–water partition coefficient (Wildman–Crippen LogP) is 6.69. The number of hydrogen-bond donors (Lipinski definition) is 1. The number of hydrogen-bond acceptors (Lipinski definition) is 2. The minimum absolute atomic E-state index is 0.258. The lowest BCUT2D eigenvalue weighted by Crippen LogP contribution is -1.99. The average Bonchev–Trinajstić information content (AvgIpc) is 2.52. The minimum Gasteiger partial charge on any atom is -0.285 e. The van der Waals surface area contributed by atoms with Gasteiger partial charge in [0.05, 0.1) is 5.75 Å². The van der Waals surface area contributed by atoms with Gasteiger partial charge in [-0.3, -0.25) is 4.55 Å². The largest absolute Gasteiger partial charge is 0.285 e. The van der Waals surface area contributed by atoms with Crippen molar-refractivity contribution < 1.29 is 13.0 Å². The van der Waals surface area contributed by atoms with Gasteiger partial charge in [0.2, 0.25) is 0 Å². The molecular formula is C20H40O3S. The molecular weight excluding hydrogens is 320 g/mol. The molecule has 0 fully saturated rings. The first-order valence-electron chi connectivity index (χ1n) is 10.2. The van der Waals surface area contributed by atoms with Gasteiger partial charge in [0.25, 0.3) is 10.1 Å². The van der Waals surface area contributed by atoms with E-state index < -0.39 is 10.1 Å². The lowest BCUT2D eigenvalue weighted by Gasteiger charge is -2.03. The molecule has 0 heterocycles. The van der Waals surface area contributed by atoms with Crippen LogP contribution in [0.25, 0.3) is 0 Å². The highest BCUT2D eigenvalue weighted by molar-refractivity contribution is 7.85. The smallest absolute Gasteiger partial charge is 0.268 e. The topological polar surface area (TPSA) is 54.4 Å². The summed E-state index contributed by atoms with van der Waals surface area (Å²) in [6, 6.07) is 0. The average molecular weight is 361 g/mol. The Morgan fingerprint density at radius 3 is 1.38 bits per heavy atom. The minimum atomic E-state index is -3.83. The fraction of sp³-hybridized carbons (Fsp3) is 0.900. The number of unbranched alkanes of at least 4 members (excludes halogenated alkanes) is 15. The zero-order valence-corrected chi connectivity index (χ0v) is 16.7. The number of allylic oxidation sites excluding steroid dienone is 1. The standard InChI is InChI=1S/C20H40O3S/c1-2-3-4-5-6-7-8-9-10-11-12-13-14-15-16-17-18-19-20-24(21,22)23/h18-19H,2-17,20H2,1H3,(H,21,22,23)/b19-18+. The maximum atomic E-state index is 10.5. The summed E-state index contributed by atoms with van der Waals surface area (Å²) >= 11 is 0. The summed E-state index contributed by atoms with van der Waals surface area (Å²) < 4.78 is 29.6. The fourth-order valence-electron chi connectivity index (χ4n) is 2.94. The maximum Gasteiger partial charge on any atom is 0.268 e. The molecule has 0 aromatic rings. The molecule has 0 bridgehead atoms. The van der Waals surface area contributed by atoms with Gasteiger partial charge in [0.15, 0.2) is 0 Å². The first-order chi connectivity index (χ1) is 11.6. The van der Waals surface area contributed by atoms with Crippen molar-refractivity contribution in [2.45, 2.75) is 110 Å². The van der Waals surface area contributed by atoms with Crippen LogP contribution in [0.1, 0.15) is 110 Å². The van der Waals surface area contributed by atoms with Crippen LogP contribution in [-0.4, -0.2) is 18.7 Å². The molecule has 4 heteroatoms. The second kappa shape index (κ2) is 17.5. The highest BCUT2D eigenvalue weighted by Gasteiger charge is 1.98. The Morgan fingerprint density at radius 1 is 0.625 bits per heavy atom. The first-order valence-corrected chi connectivity index (χ1v) is 11.8. The van der Waals surface area contributed by atoms with Crippen LogP contribution in [0.2, 0.25) is 0 Å².